The van der Waals surface area contributed by atoms with E-state index >= 15 is 0 Å². The number of fused-ring (bicyclic) bond motifs is 3. The van der Waals surface area contributed by atoms with Crippen LogP contribution in [0.1, 0.15) is 319 Å². The van der Waals surface area contributed by atoms with Crippen LogP contribution in [0, 0.1) is 82.9 Å². The van der Waals surface area contributed by atoms with E-state index in [2.05, 4.69) is 58.9 Å². The van der Waals surface area contributed by atoms with Crippen LogP contribution in [0.3, 0.4) is 0 Å². The van der Waals surface area contributed by atoms with E-state index in [1.165, 1.54) is 28.1 Å². The fourth-order valence-electron chi connectivity index (χ4n) is 22.2. The molecule has 0 aromatic heterocycles. The summed E-state index contributed by atoms with van der Waals surface area (Å²) in [5.74, 6) is -7.70. The van der Waals surface area contributed by atoms with E-state index in [4.69, 9.17) is 61.8 Å². The van der Waals surface area contributed by atoms with Gasteiger partial charge < -0.3 is 134 Å². The number of rotatable bonds is 13. The van der Waals surface area contributed by atoms with Gasteiger partial charge in [0.15, 0.2) is 18.4 Å². The summed E-state index contributed by atoms with van der Waals surface area (Å²) in [4.78, 5) is 55.3. The Hall–Kier alpha value is -3.53. The lowest BCUT2D eigenvalue weighted by Crippen LogP contribution is -2.59. The number of esters is 3. The highest BCUT2D eigenvalue weighted by Gasteiger charge is 2.59. The minimum Gasteiger partial charge on any atom is -0.459 e. The second-order valence-electron chi connectivity index (χ2n) is 42.9. The Labute approximate surface area is 813 Å². The van der Waals surface area contributed by atoms with Gasteiger partial charge in [-0.25, -0.2) is 0 Å². The molecule has 135 heavy (non-hydrogen) atoms. The Morgan fingerprint density at radius 2 is 0.815 bits per heavy atom. The molecular formula is C103H196N6O26. The fourth-order valence-corrected chi connectivity index (χ4v) is 22.2. The average molecular weight is 1930 g/mol. The number of ether oxygens (including phenoxy) is 11. The van der Waals surface area contributed by atoms with Gasteiger partial charge in [0.2, 0.25) is 0 Å². The molecule has 0 aliphatic carbocycles. The molecular weight excluding hydrogens is 1740 g/mol. The van der Waals surface area contributed by atoms with Crippen molar-refractivity contribution in [2.24, 2.45) is 93.2 Å². The smallest absolute Gasteiger partial charge is 0.311 e. The molecule has 0 saturated carbocycles. The summed E-state index contributed by atoms with van der Waals surface area (Å²) in [5, 5.41) is 134. The highest BCUT2D eigenvalue weighted by Crippen LogP contribution is 2.50. The molecule has 9 aliphatic rings. The van der Waals surface area contributed by atoms with Crippen LogP contribution in [0.15, 0.2) is 10.3 Å². The number of nitrogens with one attached hydrogen (secondary N) is 3. The van der Waals surface area contributed by atoms with E-state index in [0.717, 1.165) is 71.2 Å². The molecule has 9 rings (SSSR count). The molecule has 2 bridgehead atoms. The molecule has 0 aromatic rings. The predicted molar refractivity (Wildman–Crippen MR) is 524 cm³/mol. The van der Waals surface area contributed by atoms with Crippen LogP contribution in [0.5, 0.6) is 0 Å². The van der Waals surface area contributed by atoms with Gasteiger partial charge in [-0.2, -0.15) is 0 Å². The number of methoxy groups -OCH3 is 2. The van der Waals surface area contributed by atoms with Gasteiger partial charge in [-0.3, -0.25) is 14.4 Å². The lowest BCUT2D eigenvalue weighted by atomic mass is 9.70. The van der Waals surface area contributed by atoms with E-state index in [1.807, 2.05) is 111 Å². The van der Waals surface area contributed by atoms with Crippen molar-refractivity contribution in [2.45, 2.75) is 480 Å². The normalized spacial score (nSPS) is 46.6. The molecule has 0 radical (unpaired) electrons. The van der Waals surface area contributed by atoms with Crippen molar-refractivity contribution >= 4 is 29.3 Å². The van der Waals surface area contributed by atoms with Gasteiger partial charge in [0, 0.05) is 109 Å². The standard InChI is InChI=1S/C35H64N2O10.C34H62N2O10.C28H52N2O6.3C2H6/c1-12-26-35(10,42)30(38)21(4)28(37-47-25-14-13-15-36-18-25)19(2)16-33(8,41)23(6)20(3)29(22(5)32(40)45-26)46-27-17-34(9,43-11)31(39)24(7)44-27;1-12-25-34(10,41)29(37)20(4)27(36-46-24-13-14-35-17-24)18(2)15-32(8,40)22(6)19(3)28(21(5)31(39)44-25)45-26-16-33(9,42-11)30(38)23(7)43-26;1-10-22-27(8,33)24(31)21(6)30(9)16-17(2)15-26(7)20(5)18(3)23(19(4)25(32)34-22)35-28(36-26)11-13-29-14-12-28;3*1-2/h19-27,29-31,36,38-39,41-42H,12-18H2,1-11H3;18-26,28-30,35,37-38,40-41H,12-17H2,1-11H3;17-24,29,31,33H,10-16H2,1-9H3;3*1-2H3/t19-,20-,21+,22-,23-,24+,25?,26-,27+,29+,30-,31+,33-,34-,35-;18-,19-,20+,21-,22-,23+,24?,25-,26+,28+,29-,30+,32-,33-,34-;17-,18-,19-,20-,21-,22-,23+,24-,26-,27-;;;/m111.../s1. The maximum absolute atomic E-state index is 13.9. The van der Waals surface area contributed by atoms with E-state index in [0.29, 0.717) is 30.9 Å². The van der Waals surface area contributed by atoms with Crippen molar-refractivity contribution in [3.63, 3.8) is 0 Å². The van der Waals surface area contributed by atoms with Gasteiger partial charge in [0.1, 0.15) is 65.6 Å². The third-order valence-corrected chi connectivity index (χ3v) is 32.5. The van der Waals surface area contributed by atoms with Crippen molar-refractivity contribution in [3.8, 4) is 0 Å². The van der Waals surface area contributed by atoms with Gasteiger partial charge in [-0.05, 0) is 210 Å². The molecule has 2 unspecified atom stereocenters. The minimum absolute atomic E-state index is 0.0481. The number of carbonyl (C=O) groups is 3. The van der Waals surface area contributed by atoms with Crippen molar-refractivity contribution < 1.29 is 127 Å². The first-order valence-corrected chi connectivity index (χ1v) is 51.8. The summed E-state index contributed by atoms with van der Waals surface area (Å²) in [6.45, 7) is 69.2. The first-order valence-electron chi connectivity index (χ1n) is 51.8. The summed E-state index contributed by atoms with van der Waals surface area (Å²) < 4.78 is 68.4. The van der Waals surface area contributed by atoms with E-state index in [-0.39, 0.29) is 116 Å². The SMILES string of the molecule is CC.CC.CC.CC[C@H]1OC(=O)[C@H](C)[C@@H](O[C@H]2C[C@@](C)(OC)[C@@H](O)[C@H](C)O2)[C@H](C)[C@@H](C)[C@](C)(O)C[C@@H](C)C(=NOC2CCCNC2)[C@H](C)[C@@H](O)[C@]1(C)O.CC[C@H]1OC(=O)[C@H](C)[C@@H](O[C@H]2C[C@@](C)(OC)[C@@H](O)[C@H](C)O2)[C@H](C)[C@@H](C)[C@](C)(O)C[C@@H](C)C(=NOC2CCNC2)[C@H](C)[C@@H](O)[C@]1(C)O.CC[C@H]1OC(=O)[C@H](C)[C@H]2OC3(CCNCC3)O[C@](C)(C[C@@H](C)CN(C)[C@H](C)[C@@H](O)[C@]1(C)O)[C@H](C)[C@H]2C. The predicted octanol–water partition coefficient (Wildman–Crippen LogP) is 12.0. The quantitative estimate of drug-likeness (QED) is 0.0463. The first kappa shape index (κ1) is 124. The number of hydrogen-bond donors (Lipinski definition) is 13. The van der Waals surface area contributed by atoms with Gasteiger partial charge in [-0.1, -0.05) is 149 Å². The Morgan fingerprint density at radius 1 is 0.444 bits per heavy atom. The number of nitrogens with zero attached hydrogens (tertiary/aromatic N) is 3. The molecule has 1 spiro atoms. The number of aliphatic hydroxyl groups is 10. The molecule has 9 heterocycles. The molecule has 9 fully saturated rings. The van der Waals surface area contributed by atoms with Gasteiger partial charge in [-0.15, -0.1) is 0 Å². The molecule has 13 N–H and O–H groups in total. The third-order valence-electron chi connectivity index (χ3n) is 32.5. The van der Waals surface area contributed by atoms with E-state index in [9.17, 15) is 65.4 Å². The monoisotopic (exact) mass is 1930 g/mol. The van der Waals surface area contributed by atoms with Crippen LogP contribution in [0.4, 0.5) is 0 Å². The second-order valence-corrected chi connectivity index (χ2v) is 42.9. The third kappa shape index (κ3) is 30.6. The maximum Gasteiger partial charge on any atom is 0.311 e. The number of cyclic esters (lactones) is 3. The largest absolute Gasteiger partial charge is 0.459 e. The summed E-state index contributed by atoms with van der Waals surface area (Å²) in [6.07, 6.45) is -6.74. The van der Waals surface area contributed by atoms with E-state index in [1.54, 1.807) is 90.0 Å². The number of piperidine rings is 2. The Morgan fingerprint density at radius 3 is 1.17 bits per heavy atom. The molecule has 9 aliphatic heterocycles. The number of oxime groups is 2. The molecule has 32 heteroatoms. The molecule has 0 amide bonds. The van der Waals surface area contributed by atoms with Crippen molar-refractivity contribution in [3.05, 3.63) is 0 Å². The topological polar surface area (TPSA) is 438 Å². The number of hydrogen-bond acceptors (Lipinski definition) is 32. The summed E-state index contributed by atoms with van der Waals surface area (Å²) in [5.41, 5.74) is -9.08. The molecule has 32 nitrogen and oxygen atoms in total. The van der Waals surface area contributed by atoms with Gasteiger partial charge in [0.05, 0.1) is 99.9 Å². The maximum atomic E-state index is 13.9. The van der Waals surface area contributed by atoms with Crippen LogP contribution in [0.25, 0.3) is 0 Å². The lowest BCUT2D eigenvalue weighted by Gasteiger charge is -2.47. The second kappa shape index (κ2) is 53.3. The summed E-state index contributed by atoms with van der Waals surface area (Å²) in [6, 6.07) is -0.332. The van der Waals surface area contributed by atoms with Crippen LogP contribution in [-0.4, -0.2) is 313 Å². The summed E-state index contributed by atoms with van der Waals surface area (Å²) >= 11 is 0. The highest BCUT2D eigenvalue weighted by molar-refractivity contribution is 5.89. The molecule has 0 aromatic carbocycles. The molecule has 794 valence electrons. The number of carbonyl (C=O) groups excluding carboxylic acids is 3. The Bertz CT molecular complexity index is 3540. The zero-order chi connectivity index (χ0) is 103. The van der Waals surface area contributed by atoms with Crippen molar-refractivity contribution in [1.29, 1.82) is 0 Å². The Kier molecular flexibility index (Phi) is 48.9. The van der Waals surface area contributed by atoms with Crippen LogP contribution < -0.4 is 16.0 Å². The van der Waals surface area contributed by atoms with Crippen LogP contribution >= 0.6 is 0 Å². The van der Waals surface area contributed by atoms with Crippen LogP contribution in [0.2, 0.25) is 0 Å². The number of likely N-dealkylation sites (N-methyl/N-ethyl adjacent to an activating group) is 1. The molecule has 9 saturated heterocycles. The fraction of sp³-hybridized carbons (Fsp3) is 0.951. The van der Waals surface area contributed by atoms with Crippen molar-refractivity contribution in [2.75, 3.05) is 67.1 Å². The van der Waals surface area contributed by atoms with Gasteiger partial charge in [0.25, 0.3) is 0 Å². The Balaban J connectivity index is 0.000000415. The zero-order valence-electron chi connectivity index (χ0n) is 90.5. The van der Waals surface area contributed by atoms with Crippen LogP contribution in [-0.2, 0) is 76.2 Å². The first-order chi connectivity index (χ1) is 62.8. The lowest BCUT2D eigenvalue weighted by molar-refractivity contribution is -0.307. The van der Waals surface area contributed by atoms with Gasteiger partial charge >= 0.3 is 17.9 Å². The van der Waals surface area contributed by atoms with E-state index < -0.39 is 184 Å². The average Bonchev–Trinajstić information content (AvgIpc) is 1.27. The summed E-state index contributed by atoms with van der Waals surface area (Å²) in [7, 11) is 5.04. The minimum atomic E-state index is -1.84. The highest BCUT2D eigenvalue weighted by atomic mass is 16.7. The number of aliphatic hydroxyl groups excluding tert-OH is 5. The molecule has 40 atom stereocenters. The van der Waals surface area contributed by atoms with Crippen molar-refractivity contribution in [1.82, 2.24) is 20.9 Å². The zero-order valence-corrected chi connectivity index (χ0v) is 90.5.